The minimum absolute atomic E-state index is 0.0157. The van der Waals surface area contributed by atoms with E-state index < -0.39 is 0 Å². The predicted molar refractivity (Wildman–Crippen MR) is 91.5 cm³/mol. The first-order valence-corrected chi connectivity index (χ1v) is 7.96. The number of amides is 1. The molecule has 1 aromatic heterocycles. The lowest BCUT2D eigenvalue weighted by molar-refractivity contribution is 0.0954. The molecule has 1 atom stereocenters. The highest BCUT2D eigenvalue weighted by Gasteiger charge is 2.24. The van der Waals surface area contributed by atoms with Crippen LogP contribution in [0.15, 0.2) is 54.7 Å². The fourth-order valence-electron chi connectivity index (χ4n) is 3.31. The number of rotatable bonds is 4. The maximum atomic E-state index is 12.3. The molecule has 3 N–H and O–H groups in total. The zero-order valence-corrected chi connectivity index (χ0v) is 12.8. The largest absolute Gasteiger partial charge is 0.361 e. The molecule has 4 heteroatoms. The first-order valence-electron chi connectivity index (χ1n) is 7.96. The summed E-state index contributed by atoms with van der Waals surface area (Å²) in [4.78, 5) is 15.6. The third kappa shape index (κ3) is 2.62. The SMILES string of the molecule is O=C1NCC(CNCc2ccccc2)c2c[nH]c3cccc1c23. The van der Waals surface area contributed by atoms with Crippen LogP contribution in [0.1, 0.15) is 27.4 Å². The van der Waals surface area contributed by atoms with Crippen molar-refractivity contribution in [2.75, 3.05) is 13.1 Å². The molecule has 2 heterocycles. The van der Waals surface area contributed by atoms with E-state index in [0.717, 1.165) is 29.6 Å². The van der Waals surface area contributed by atoms with Crippen molar-refractivity contribution in [3.05, 3.63) is 71.4 Å². The van der Waals surface area contributed by atoms with Crippen LogP contribution in [0.5, 0.6) is 0 Å². The van der Waals surface area contributed by atoms with Crippen LogP contribution in [-0.4, -0.2) is 24.0 Å². The van der Waals surface area contributed by atoms with E-state index in [1.54, 1.807) is 0 Å². The van der Waals surface area contributed by atoms with Crippen LogP contribution in [0, 0.1) is 0 Å². The third-order valence-corrected chi connectivity index (χ3v) is 4.49. The number of carbonyl (C=O) groups is 1. The summed E-state index contributed by atoms with van der Waals surface area (Å²) < 4.78 is 0. The Bertz CT molecular complexity index is 838. The number of benzene rings is 2. The van der Waals surface area contributed by atoms with Gasteiger partial charge in [-0.05, 0) is 23.3 Å². The number of carbonyl (C=O) groups excluding carboxylic acids is 1. The number of aromatic nitrogens is 1. The quantitative estimate of drug-likeness (QED) is 0.694. The first kappa shape index (κ1) is 14.0. The van der Waals surface area contributed by atoms with Crippen molar-refractivity contribution in [1.82, 2.24) is 15.6 Å². The van der Waals surface area contributed by atoms with Gasteiger partial charge in [-0.1, -0.05) is 36.4 Å². The van der Waals surface area contributed by atoms with Gasteiger partial charge in [0, 0.05) is 48.2 Å². The van der Waals surface area contributed by atoms with Crippen LogP contribution in [0.4, 0.5) is 0 Å². The second-order valence-electron chi connectivity index (χ2n) is 6.00. The number of nitrogens with one attached hydrogen (secondary N) is 3. The molecule has 1 amide bonds. The number of hydrogen-bond acceptors (Lipinski definition) is 2. The molecule has 4 rings (SSSR count). The van der Waals surface area contributed by atoms with Crippen molar-refractivity contribution >= 4 is 16.8 Å². The van der Waals surface area contributed by atoms with E-state index in [0.29, 0.717) is 6.54 Å². The summed E-state index contributed by atoms with van der Waals surface area (Å²) in [5.41, 5.74) is 4.28. The normalized spacial score (nSPS) is 17.0. The molecule has 23 heavy (non-hydrogen) atoms. The molecule has 0 aliphatic carbocycles. The summed E-state index contributed by atoms with van der Waals surface area (Å²) in [6, 6.07) is 16.2. The molecule has 116 valence electrons. The predicted octanol–water partition coefficient (Wildman–Crippen LogP) is 2.78. The Morgan fingerprint density at radius 2 is 1.96 bits per heavy atom. The monoisotopic (exact) mass is 305 g/mol. The maximum Gasteiger partial charge on any atom is 0.251 e. The van der Waals surface area contributed by atoms with Crippen molar-refractivity contribution in [2.24, 2.45) is 0 Å². The fourth-order valence-corrected chi connectivity index (χ4v) is 3.31. The van der Waals surface area contributed by atoms with Gasteiger partial charge < -0.3 is 15.6 Å². The third-order valence-electron chi connectivity index (χ3n) is 4.49. The Hall–Kier alpha value is -2.59. The van der Waals surface area contributed by atoms with Gasteiger partial charge in [-0.3, -0.25) is 4.79 Å². The van der Waals surface area contributed by atoms with E-state index in [1.807, 2.05) is 30.5 Å². The van der Waals surface area contributed by atoms with Gasteiger partial charge in [0.05, 0.1) is 0 Å². The number of hydrogen-bond donors (Lipinski definition) is 3. The van der Waals surface area contributed by atoms with Gasteiger partial charge in [-0.15, -0.1) is 0 Å². The summed E-state index contributed by atoms with van der Waals surface area (Å²) in [6.07, 6.45) is 2.04. The second-order valence-corrected chi connectivity index (χ2v) is 6.00. The highest BCUT2D eigenvalue weighted by molar-refractivity contribution is 6.08. The van der Waals surface area contributed by atoms with Gasteiger partial charge in [-0.25, -0.2) is 0 Å². The van der Waals surface area contributed by atoms with E-state index in [4.69, 9.17) is 0 Å². The van der Waals surface area contributed by atoms with E-state index >= 15 is 0 Å². The average Bonchev–Trinajstić information content (AvgIpc) is 2.96. The van der Waals surface area contributed by atoms with Crippen LogP contribution in [0.2, 0.25) is 0 Å². The van der Waals surface area contributed by atoms with E-state index in [1.165, 1.54) is 11.1 Å². The molecule has 0 saturated heterocycles. The van der Waals surface area contributed by atoms with Crippen molar-refractivity contribution in [3.63, 3.8) is 0 Å². The van der Waals surface area contributed by atoms with Gasteiger partial charge in [0.25, 0.3) is 5.91 Å². The average molecular weight is 305 g/mol. The zero-order valence-electron chi connectivity index (χ0n) is 12.8. The highest BCUT2D eigenvalue weighted by atomic mass is 16.1. The Kier molecular flexibility index (Phi) is 3.60. The summed E-state index contributed by atoms with van der Waals surface area (Å²) in [6.45, 7) is 2.32. The lowest BCUT2D eigenvalue weighted by Gasteiger charge is -2.15. The summed E-state index contributed by atoms with van der Waals surface area (Å²) >= 11 is 0. The molecule has 2 aromatic carbocycles. The van der Waals surface area contributed by atoms with Crippen molar-refractivity contribution < 1.29 is 4.79 Å². The molecule has 3 aromatic rings. The standard InChI is InChI=1S/C19H19N3O/c23-19-15-7-4-8-17-18(15)16(12-21-17)14(11-22-19)10-20-9-13-5-2-1-3-6-13/h1-8,12,14,20-21H,9-11H2,(H,22,23). The topological polar surface area (TPSA) is 56.9 Å². The lowest BCUT2D eigenvalue weighted by Crippen LogP contribution is -2.31. The molecule has 0 saturated carbocycles. The molecular formula is C19H19N3O. The zero-order chi connectivity index (χ0) is 15.6. The van der Waals surface area contributed by atoms with Gasteiger partial charge >= 0.3 is 0 Å². The smallest absolute Gasteiger partial charge is 0.251 e. The van der Waals surface area contributed by atoms with Crippen LogP contribution in [0.25, 0.3) is 10.9 Å². The lowest BCUT2D eigenvalue weighted by atomic mass is 9.97. The molecule has 0 radical (unpaired) electrons. The van der Waals surface area contributed by atoms with Crippen LogP contribution in [-0.2, 0) is 6.54 Å². The Morgan fingerprint density at radius 3 is 2.83 bits per heavy atom. The van der Waals surface area contributed by atoms with Gasteiger partial charge in [0.15, 0.2) is 0 Å². The van der Waals surface area contributed by atoms with E-state index in [2.05, 4.69) is 39.9 Å². The van der Waals surface area contributed by atoms with Crippen LogP contribution in [0.3, 0.4) is 0 Å². The van der Waals surface area contributed by atoms with Crippen molar-refractivity contribution in [3.8, 4) is 0 Å². The maximum absolute atomic E-state index is 12.3. The van der Waals surface area contributed by atoms with Crippen molar-refractivity contribution in [2.45, 2.75) is 12.5 Å². The Balaban J connectivity index is 1.56. The summed E-state index contributed by atoms with van der Waals surface area (Å²) in [5, 5.41) is 7.62. The molecule has 0 fully saturated rings. The minimum Gasteiger partial charge on any atom is -0.361 e. The summed E-state index contributed by atoms with van der Waals surface area (Å²) in [7, 11) is 0. The molecular weight excluding hydrogens is 286 g/mol. The van der Waals surface area contributed by atoms with Gasteiger partial charge in [-0.2, -0.15) is 0 Å². The Morgan fingerprint density at radius 1 is 1.09 bits per heavy atom. The molecule has 0 bridgehead atoms. The summed E-state index contributed by atoms with van der Waals surface area (Å²) in [5.74, 6) is 0.280. The van der Waals surface area contributed by atoms with Gasteiger partial charge in [0.1, 0.15) is 0 Å². The first-order chi connectivity index (χ1) is 11.3. The molecule has 1 aliphatic heterocycles. The minimum atomic E-state index is 0.0157. The number of H-pyrrole nitrogens is 1. The number of aromatic amines is 1. The van der Waals surface area contributed by atoms with Crippen LogP contribution >= 0.6 is 0 Å². The Labute approximate surface area is 134 Å². The molecule has 1 unspecified atom stereocenters. The fraction of sp³-hybridized carbons (Fsp3) is 0.211. The van der Waals surface area contributed by atoms with Gasteiger partial charge in [0.2, 0.25) is 0 Å². The second kappa shape index (κ2) is 5.89. The highest BCUT2D eigenvalue weighted by Crippen LogP contribution is 2.30. The van der Waals surface area contributed by atoms with Crippen LogP contribution < -0.4 is 10.6 Å². The van der Waals surface area contributed by atoms with E-state index in [-0.39, 0.29) is 11.8 Å². The molecule has 4 nitrogen and oxygen atoms in total. The van der Waals surface area contributed by atoms with Crippen molar-refractivity contribution in [1.29, 1.82) is 0 Å². The van der Waals surface area contributed by atoms with E-state index in [9.17, 15) is 4.79 Å². The molecule has 0 spiro atoms. The molecule has 1 aliphatic rings.